The van der Waals surface area contributed by atoms with E-state index in [1.165, 1.54) is 12.8 Å². The maximum Gasteiger partial charge on any atom is 0.225 e. The highest BCUT2D eigenvalue weighted by Crippen LogP contribution is 2.40. The molecule has 1 aliphatic rings. The van der Waals surface area contributed by atoms with Crippen LogP contribution in [0.25, 0.3) is 0 Å². The summed E-state index contributed by atoms with van der Waals surface area (Å²) < 4.78 is 0. The molecule has 3 rings (SSSR count). The zero-order valence-corrected chi connectivity index (χ0v) is 14.2. The van der Waals surface area contributed by atoms with E-state index in [4.69, 9.17) is 0 Å². The van der Waals surface area contributed by atoms with Crippen molar-refractivity contribution >= 4 is 11.8 Å². The minimum absolute atomic E-state index is 0.0527. The van der Waals surface area contributed by atoms with Crippen LogP contribution in [0, 0.1) is 5.92 Å². The molecule has 0 saturated heterocycles. The Bertz CT molecular complexity index is 658. The topological polar surface area (TPSA) is 83.0 Å². The van der Waals surface area contributed by atoms with Crippen molar-refractivity contribution < 1.29 is 5.11 Å². The lowest BCUT2D eigenvalue weighted by Gasteiger charge is -2.20. The van der Waals surface area contributed by atoms with Gasteiger partial charge in [0.25, 0.3) is 0 Å². The van der Waals surface area contributed by atoms with Gasteiger partial charge in [-0.25, -0.2) is 4.98 Å². The summed E-state index contributed by atoms with van der Waals surface area (Å²) >= 11 is 0. The van der Waals surface area contributed by atoms with Crippen molar-refractivity contribution in [2.24, 2.45) is 5.92 Å². The van der Waals surface area contributed by atoms with Crippen LogP contribution >= 0.6 is 0 Å². The molecule has 2 heterocycles. The maximum absolute atomic E-state index is 9.53. The number of anilines is 2. The average molecular weight is 327 g/mol. The van der Waals surface area contributed by atoms with Gasteiger partial charge in [-0.15, -0.1) is 0 Å². The Morgan fingerprint density at radius 2 is 2.08 bits per heavy atom. The van der Waals surface area contributed by atoms with Crippen molar-refractivity contribution in [3.05, 3.63) is 41.9 Å². The minimum Gasteiger partial charge on any atom is -0.394 e. The molecule has 0 unspecified atom stereocenters. The normalized spacial score (nSPS) is 15.3. The van der Waals surface area contributed by atoms with E-state index in [9.17, 15) is 5.11 Å². The first-order chi connectivity index (χ1) is 11.7. The highest BCUT2D eigenvalue weighted by atomic mass is 16.3. The summed E-state index contributed by atoms with van der Waals surface area (Å²) in [6.07, 6.45) is 4.15. The maximum atomic E-state index is 9.53. The summed E-state index contributed by atoms with van der Waals surface area (Å²) in [4.78, 5) is 13.5. The smallest absolute Gasteiger partial charge is 0.225 e. The van der Waals surface area contributed by atoms with E-state index in [2.05, 4.69) is 39.4 Å². The molecule has 0 radical (unpaired) electrons. The van der Waals surface area contributed by atoms with Crippen LogP contribution in [0.4, 0.5) is 11.8 Å². The van der Waals surface area contributed by atoms with Gasteiger partial charge in [-0.3, -0.25) is 4.98 Å². The van der Waals surface area contributed by atoms with Crippen molar-refractivity contribution in [1.82, 2.24) is 15.0 Å². The molecule has 2 aromatic rings. The Morgan fingerprint density at radius 3 is 2.71 bits per heavy atom. The second kappa shape index (κ2) is 7.57. The number of rotatable bonds is 8. The highest BCUT2D eigenvalue weighted by molar-refractivity contribution is 5.44. The molecule has 2 aromatic heterocycles. The molecule has 0 spiro atoms. The lowest BCUT2D eigenvalue weighted by atomic mass is 10.1. The SMILES string of the molecule is CC(C)[C@@H](CO)Nc1nc(NCc2ccccn2)cc(C2CC2)n1. The third-order valence-electron chi connectivity index (χ3n) is 4.23. The molecule has 1 saturated carbocycles. The van der Waals surface area contributed by atoms with Crippen molar-refractivity contribution in [2.45, 2.75) is 45.2 Å². The van der Waals surface area contributed by atoms with Crippen LogP contribution in [0.2, 0.25) is 0 Å². The quantitative estimate of drug-likeness (QED) is 0.691. The van der Waals surface area contributed by atoms with Crippen LogP contribution in [0.15, 0.2) is 30.5 Å². The third-order valence-corrected chi connectivity index (χ3v) is 4.23. The molecule has 0 bridgehead atoms. The molecule has 24 heavy (non-hydrogen) atoms. The van der Waals surface area contributed by atoms with Crippen LogP contribution in [0.1, 0.15) is 44.0 Å². The molecule has 1 atom stereocenters. The average Bonchev–Trinajstić information content (AvgIpc) is 3.43. The Labute approximate surface area is 142 Å². The van der Waals surface area contributed by atoms with Gasteiger partial charge in [0.15, 0.2) is 0 Å². The number of aliphatic hydroxyl groups excluding tert-OH is 1. The van der Waals surface area contributed by atoms with Gasteiger partial charge in [-0.1, -0.05) is 19.9 Å². The predicted octanol–water partition coefficient (Wildman–Crippen LogP) is 2.79. The van der Waals surface area contributed by atoms with Gasteiger partial charge in [0, 0.05) is 18.2 Å². The van der Waals surface area contributed by atoms with Gasteiger partial charge in [-0.05, 0) is 30.9 Å². The van der Waals surface area contributed by atoms with E-state index in [0.717, 1.165) is 17.2 Å². The van der Waals surface area contributed by atoms with E-state index < -0.39 is 0 Å². The van der Waals surface area contributed by atoms with E-state index in [1.54, 1.807) is 6.20 Å². The molecule has 3 N–H and O–H groups in total. The van der Waals surface area contributed by atoms with Crippen molar-refractivity contribution in [1.29, 1.82) is 0 Å². The predicted molar refractivity (Wildman–Crippen MR) is 94.9 cm³/mol. The van der Waals surface area contributed by atoms with E-state index >= 15 is 0 Å². The van der Waals surface area contributed by atoms with Gasteiger partial charge < -0.3 is 15.7 Å². The van der Waals surface area contributed by atoms with E-state index in [0.29, 0.717) is 24.3 Å². The number of pyridine rings is 1. The van der Waals surface area contributed by atoms with Crippen molar-refractivity contribution in [2.75, 3.05) is 17.2 Å². The second-order valence-corrected chi connectivity index (χ2v) is 6.63. The monoisotopic (exact) mass is 327 g/mol. The lowest BCUT2D eigenvalue weighted by molar-refractivity contribution is 0.248. The molecule has 6 nitrogen and oxygen atoms in total. The highest BCUT2D eigenvalue weighted by Gasteiger charge is 2.26. The zero-order chi connectivity index (χ0) is 16.9. The molecule has 1 aliphatic carbocycles. The van der Waals surface area contributed by atoms with Crippen molar-refractivity contribution in [3.63, 3.8) is 0 Å². The summed E-state index contributed by atoms with van der Waals surface area (Å²) in [5.41, 5.74) is 2.03. The summed E-state index contributed by atoms with van der Waals surface area (Å²) in [6, 6.07) is 7.83. The summed E-state index contributed by atoms with van der Waals surface area (Å²) in [5, 5.41) is 16.1. The fourth-order valence-corrected chi connectivity index (χ4v) is 2.48. The molecule has 0 aliphatic heterocycles. The number of nitrogens with zero attached hydrogens (tertiary/aromatic N) is 3. The minimum atomic E-state index is -0.0527. The first-order valence-corrected chi connectivity index (χ1v) is 8.56. The second-order valence-electron chi connectivity index (χ2n) is 6.63. The van der Waals surface area contributed by atoms with Gasteiger partial charge in [-0.2, -0.15) is 4.98 Å². The third kappa shape index (κ3) is 4.41. The standard InChI is InChI=1S/C18H25N5O/c1-12(2)16(11-24)22-18-21-15(13-6-7-13)9-17(23-18)20-10-14-5-3-4-8-19-14/h3-5,8-9,12-13,16,24H,6-7,10-11H2,1-2H3,(H2,20,21,22,23)/t16-/m1/s1. The fraction of sp³-hybridized carbons (Fsp3) is 0.500. The Balaban J connectivity index is 1.75. The molecule has 6 heteroatoms. The Morgan fingerprint density at radius 1 is 1.25 bits per heavy atom. The van der Waals surface area contributed by atoms with Gasteiger partial charge >= 0.3 is 0 Å². The Kier molecular flexibility index (Phi) is 5.25. The van der Waals surface area contributed by atoms with Crippen LogP contribution in [0.3, 0.4) is 0 Å². The summed E-state index contributed by atoms with van der Waals surface area (Å²) in [7, 11) is 0. The summed E-state index contributed by atoms with van der Waals surface area (Å²) in [5.74, 6) is 2.21. The van der Waals surface area contributed by atoms with Crippen LogP contribution in [0.5, 0.6) is 0 Å². The first-order valence-electron chi connectivity index (χ1n) is 8.56. The van der Waals surface area contributed by atoms with E-state index in [1.807, 2.05) is 24.3 Å². The molecule has 0 aromatic carbocycles. The lowest BCUT2D eigenvalue weighted by Crippen LogP contribution is -2.30. The van der Waals surface area contributed by atoms with Crippen LogP contribution in [-0.2, 0) is 6.54 Å². The van der Waals surface area contributed by atoms with Crippen LogP contribution < -0.4 is 10.6 Å². The summed E-state index contributed by atoms with van der Waals surface area (Å²) in [6.45, 7) is 4.82. The molecular weight excluding hydrogens is 302 g/mol. The number of aliphatic hydroxyl groups is 1. The zero-order valence-electron chi connectivity index (χ0n) is 14.2. The Hall–Kier alpha value is -2.21. The molecule has 0 amide bonds. The molecule has 128 valence electrons. The number of aromatic nitrogens is 3. The largest absolute Gasteiger partial charge is 0.394 e. The van der Waals surface area contributed by atoms with Gasteiger partial charge in [0.1, 0.15) is 5.82 Å². The van der Waals surface area contributed by atoms with Gasteiger partial charge in [0.2, 0.25) is 5.95 Å². The van der Waals surface area contributed by atoms with E-state index in [-0.39, 0.29) is 12.6 Å². The molecule has 1 fully saturated rings. The number of hydrogen-bond acceptors (Lipinski definition) is 6. The molecular formula is C18H25N5O. The number of hydrogen-bond donors (Lipinski definition) is 3. The van der Waals surface area contributed by atoms with Crippen LogP contribution in [-0.4, -0.2) is 32.7 Å². The van der Waals surface area contributed by atoms with Gasteiger partial charge in [0.05, 0.1) is 30.6 Å². The fourth-order valence-electron chi connectivity index (χ4n) is 2.48. The number of nitrogens with one attached hydrogen (secondary N) is 2. The first kappa shape index (κ1) is 16.6. The van der Waals surface area contributed by atoms with Crippen molar-refractivity contribution in [3.8, 4) is 0 Å².